The Hall–Kier alpha value is -6.52. The van der Waals surface area contributed by atoms with Gasteiger partial charge in [0.15, 0.2) is 10.3 Å². The van der Waals surface area contributed by atoms with Gasteiger partial charge in [-0.2, -0.15) is 0 Å². The molecular formula is C54H63N9O8S4. The number of carbonyl (C=O) groups excluding carboxylic acids is 6. The summed E-state index contributed by atoms with van der Waals surface area (Å²) < 4.78 is 13.1. The highest BCUT2D eigenvalue weighted by molar-refractivity contribution is 8.01. The molecule has 0 spiro atoms. The van der Waals surface area contributed by atoms with Gasteiger partial charge >= 0.3 is 0 Å². The third-order valence-corrected chi connectivity index (χ3v) is 17.0. The normalized spacial score (nSPS) is 15.9. The number of hydrogen-bond acceptors (Lipinski definition) is 15. The van der Waals surface area contributed by atoms with E-state index in [1.165, 1.54) is 72.6 Å². The van der Waals surface area contributed by atoms with Gasteiger partial charge in [0.1, 0.15) is 11.5 Å². The van der Waals surface area contributed by atoms with Gasteiger partial charge in [-0.3, -0.25) is 34.1 Å². The molecule has 2 N–H and O–H groups in total. The Bertz CT molecular complexity index is 2960. The SMILES string of the molecule is C=CC(=O)N1CCCN(C(=O)c2cc(Sc3cnc(NC(=O)CCc4cc(OC)c(C(=O)N5CCCN(C(=O)C=C)[C@H](C)C5)cc4Sc4cnc(NC(=O)c5cccc(CN(C)C)c5)s4)s3)c(C)cc2OC)C[C@H]1C. The van der Waals surface area contributed by atoms with E-state index in [1.807, 2.05) is 70.1 Å². The van der Waals surface area contributed by atoms with Crippen LogP contribution in [0, 0.1) is 6.92 Å². The zero-order valence-corrected chi connectivity index (χ0v) is 46.6. The molecule has 4 heterocycles. The number of amides is 6. The topological polar surface area (TPSA) is 187 Å². The maximum absolute atomic E-state index is 14.4. The highest BCUT2D eigenvalue weighted by Gasteiger charge is 2.31. The first kappa shape index (κ1) is 56.2. The molecule has 21 heteroatoms. The number of ether oxygens (including phenoxy) is 2. The molecular weight excluding hydrogens is 1030 g/mol. The predicted molar refractivity (Wildman–Crippen MR) is 296 cm³/mol. The van der Waals surface area contributed by atoms with Crippen molar-refractivity contribution in [2.24, 2.45) is 0 Å². The second-order valence-electron chi connectivity index (χ2n) is 18.5. The van der Waals surface area contributed by atoms with Crippen molar-refractivity contribution in [2.45, 2.75) is 83.3 Å². The predicted octanol–water partition coefficient (Wildman–Crippen LogP) is 8.61. The molecule has 396 valence electrons. The van der Waals surface area contributed by atoms with E-state index in [0.29, 0.717) is 102 Å². The summed E-state index contributed by atoms with van der Waals surface area (Å²) in [5.74, 6) is -0.548. The standard InChI is InChI=1S/C54H63N9O8S4/c1-10-46(65)62-21-13-19-60(30-34(62)4)51(68)39-26-43(33(3)23-41(39)70-8)72-48-28-55-53(74-48)57-45(64)18-17-37-25-42(71-9)40(52(69)61-20-14-22-63(35(5)31-61)47(66)11-2)27-44(37)73-49-29-56-54(75-49)58-50(67)38-16-12-15-36(24-38)32-59(6)7/h10-12,15-16,23-29,34-35H,1-2,13-14,17-22,30-32H2,3-9H3,(H,55,57,64)(H,56,58,67)/t34-,35-/m1/s1. The lowest BCUT2D eigenvalue weighted by Crippen LogP contribution is -2.43. The van der Waals surface area contributed by atoms with Gasteiger partial charge in [0.2, 0.25) is 17.7 Å². The van der Waals surface area contributed by atoms with Crippen molar-refractivity contribution in [2.75, 3.05) is 78.2 Å². The number of carbonyl (C=O) groups is 6. The zero-order valence-electron chi connectivity index (χ0n) is 43.3. The molecule has 0 radical (unpaired) electrons. The maximum Gasteiger partial charge on any atom is 0.257 e. The first-order valence-electron chi connectivity index (χ1n) is 24.4. The summed E-state index contributed by atoms with van der Waals surface area (Å²) in [5.41, 5.74) is 3.90. The fraction of sp³-hybridized carbons (Fsp3) is 0.370. The summed E-state index contributed by atoms with van der Waals surface area (Å²) in [5, 5.41) is 6.68. The largest absolute Gasteiger partial charge is 0.496 e. The number of thiazole rings is 2. The molecule has 0 bridgehead atoms. The Morgan fingerprint density at radius 1 is 0.747 bits per heavy atom. The van der Waals surface area contributed by atoms with Crippen molar-refractivity contribution in [3.05, 3.63) is 120 Å². The number of hydrogen-bond donors (Lipinski definition) is 2. The van der Waals surface area contributed by atoms with Crippen molar-refractivity contribution >= 4 is 91.9 Å². The van der Waals surface area contributed by atoms with Gasteiger partial charge in [0.25, 0.3) is 17.7 Å². The molecule has 0 saturated carbocycles. The molecule has 0 aliphatic carbocycles. The third-order valence-electron chi connectivity index (χ3n) is 12.7. The van der Waals surface area contributed by atoms with Crippen molar-refractivity contribution in [1.82, 2.24) is 34.5 Å². The van der Waals surface area contributed by atoms with Gasteiger partial charge in [-0.05, 0) is 119 Å². The highest BCUT2D eigenvalue weighted by atomic mass is 32.2. The average Bonchev–Trinajstić information content (AvgIpc) is 3.92. The van der Waals surface area contributed by atoms with Crippen LogP contribution in [0.1, 0.15) is 80.9 Å². The van der Waals surface area contributed by atoms with Gasteiger partial charge in [0, 0.05) is 79.7 Å². The lowest BCUT2D eigenvalue weighted by Gasteiger charge is -2.28. The number of nitrogens with one attached hydrogen (secondary N) is 2. The smallest absolute Gasteiger partial charge is 0.257 e. The minimum atomic E-state index is -0.288. The number of nitrogens with zero attached hydrogens (tertiary/aromatic N) is 7. The summed E-state index contributed by atoms with van der Waals surface area (Å²) in [6.07, 6.45) is 7.51. The second kappa shape index (κ2) is 25.8. The van der Waals surface area contributed by atoms with Crippen LogP contribution in [0.2, 0.25) is 0 Å². The van der Waals surface area contributed by atoms with Gasteiger partial charge in [0.05, 0.1) is 46.2 Å². The van der Waals surface area contributed by atoms with Gasteiger partial charge in [-0.15, -0.1) is 0 Å². The molecule has 2 aliphatic heterocycles. The highest BCUT2D eigenvalue weighted by Crippen LogP contribution is 2.41. The van der Waals surface area contributed by atoms with E-state index in [-0.39, 0.29) is 60.4 Å². The first-order valence-corrected chi connectivity index (χ1v) is 27.7. The van der Waals surface area contributed by atoms with Crippen LogP contribution in [-0.4, -0.2) is 150 Å². The second-order valence-corrected chi connectivity index (χ2v) is 23.2. The van der Waals surface area contributed by atoms with Gasteiger partial charge in [-0.1, -0.05) is 71.5 Å². The minimum Gasteiger partial charge on any atom is -0.496 e. The molecule has 5 aromatic rings. The molecule has 17 nitrogen and oxygen atoms in total. The molecule has 2 aliphatic rings. The Kier molecular flexibility index (Phi) is 19.3. The van der Waals surface area contributed by atoms with Crippen LogP contribution in [0.5, 0.6) is 11.5 Å². The maximum atomic E-state index is 14.4. The Labute approximate surface area is 454 Å². The molecule has 2 fully saturated rings. The summed E-state index contributed by atoms with van der Waals surface area (Å²) in [6.45, 7) is 16.4. The molecule has 75 heavy (non-hydrogen) atoms. The molecule has 6 amide bonds. The van der Waals surface area contributed by atoms with E-state index in [0.717, 1.165) is 30.0 Å². The summed E-state index contributed by atoms with van der Waals surface area (Å²) >= 11 is 5.39. The van der Waals surface area contributed by atoms with Gasteiger partial charge < -0.3 is 39.3 Å². The van der Waals surface area contributed by atoms with Crippen LogP contribution >= 0.6 is 46.2 Å². The van der Waals surface area contributed by atoms with Crippen molar-refractivity contribution < 1.29 is 38.2 Å². The molecule has 2 atom stereocenters. The van der Waals surface area contributed by atoms with Crippen LogP contribution in [0.4, 0.5) is 10.3 Å². The van der Waals surface area contributed by atoms with Crippen molar-refractivity contribution in [1.29, 1.82) is 0 Å². The van der Waals surface area contributed by atoms with E-state index in [1.54, 1.807) is 50.2 Å². The van der Waals surface area contributed by atoms with Crippen molar-refractivity contribution in [3.8, 4) is 11.5 Å². The van der Waals surface area contributed by atoms with Crippen LogP contribution in [-0.2, 0) is 27.3 Å². The Balaban J connectivity index is 1.07. The van der Waals surface area contributed by atoms with E-state index in [9.17, 15) is 28.8 Å². The number of anilines is 2. The van der Waals surface area contributed by atoms with Gasteiger partial charge in [-0.25, -0.2) is 9.97 Å². The van der Waals surface area contributed by atoms with Crippen molar-refractivity contribution in [3.63, 3.8) is 0 Å². The summed E-state index contributed by atoms with van der Waals surface area (Å²) in [6, 6.07) is 14.3. The first-order chi connectivity index (χ1) is 36.0. The van der Waals surface area contributed by atoms with Crippen LogP contribution < -0.4 is 20.1 Å². The molecule has 7 rings (SSSR count). The van der Waals surface area contributed by atoms with E-state index >= 15 is 0 Å². The third kappa shape index (κ3) is 14.3. The van der Waals surface area contributed by atoms with E-state index in [4.69, 9.17) is 9.47 Å². The fourth-order valence-electron chi connectivity index (χ4n) is 8.98. The number of aryl methyl sites for hydroxylation is 2. The van der Waals surface area contributed by atoms with Crippen LogP contribution in [0.15, 0.2) is 104 Å². The number of rotatable bonds is 18. The Morgan fingerprint density at radius 2 is 1.28 bits per heavy atom. The minimum absolute atomic E-state index is 0.0669. The van der Waals surface area contributed by atoms with E-state index in [2.05, 4.69) is 33.8 Å². The Morgan fingerprint density at radius 3 is 1.83 bits per heavy atom. The molecule has 2 aromatic heterocycles. The quantitative estimate of drug-likeness (QED) is 0.0796. The monoisotopic (exact) mass is 1090 g/mol. The fourth-order valence-corrected chi connectivity index (χ4v) is 12.9. The zero-order chi connectivity index (χ0) is 53.9. The summed E-state index contributed by atoms with van der Waals surface area (Å²) in [7, 11) is 6.97. The number of methoxy groups -OCH3 is 2. The van der Waals surface area contributed by atoms with Crippen LogP contribution in [0.3, 0.4) is 0 Å². The van der Waals surface area contributed by atoms with E-state index < -0.39 is 0 Å². The average molecular weight is 1090 g/mol. The number of aromatic nitrogens is 2. The number of benzene rings is 3. The summed E-state index contributed by atoms with van der Waals surface area (Å²) in [4.78, 5) is 100. The molecule has 2 saturated heterocycles. The molecule has 3 aromatic carbocycles. The van der Waals surface area contributed by atoms with Crippen LogP contribution in [0.25, 0.3) is 0 Å². The molecule has 0 unspecified atom stereocenters. The lowest BCUT2D eigenvalue weighted by molar-refractivity contribution is -0.128. The lowest BCUT2D eigenvalue weighted by atomic mass is 10.0.